The zero-order chi connectivity index (χ0) is 13.0. The van der Waals surface area contributed by atoms with Crippen LogP contribution in [-0.4, -0.2) is 13.4 Å². The quantitative estimate of drug-likeness (QED) is 0.615. The lowest BCUT2D eigenvalue weighted by Crippen LogP contribution is -2.24. The maximum absolute atomic E-state index is 3.92. The van der Waals surface area contributed by atoms with E-state index in [2.05, 4.69) is 41.3 Å². The molecule has 0 radical (unpaired) electrons. The molecule has 2 rings (SSSR count). The maximum Gasteiger partial charge on any atom is 0.0966 e. The van der Waals surface area contributed by atoms with Crippen molar-refractivity contribution in [2.45, 2.75) is 32.7 Å². The predicted molar refractivity (Wildman–Crippen MR) is 76.7 cm³/mol. The molecule has 1 aromatic rings. The fourth-order valence-corrected chi connectivity index (χ4v) is 2.49. The second-order valence-corrected chi connectivity index (χ2v) is 4.72. The normalized spacial score (nSPS) is 13.7. The minimum absolute atomic E-state index is 0.788. The highest BCUT2D eigenvalue weighted by atomic mass is 15.1. The summed E-state index contributed by atoms with van der Waals surface area (Å²) >= 11 is 0. The molecule has 0 atom stereocenters. The average Bonchev–Trinajstić information content (AvgIpc) is 2.83. The van der Waals surface area contributed by atoms with Crippen LogP contribution in [0.2, 0.25) is 0 Å². The van der Waals surface area contributed by atoms with Crippen LogP contribution in [0.3, 0.4) is 0 Å². The number of aliphatic imine (C=N–C) groups is 1. The van der Waals surface area contributed by atoms with Crippen LogP contribution in [0.4, 0.5) is 0 Å². The first-order chi connectivity index (χ1) is 8.72. The average molecular weight is 243 g/mol. The fraction of sp³-hybridized carbons (Fsp3) is 0.400. The van der Waals surface area contributed by atoms with Gasteiger partial charge in [-0.15, -0.1) is 0 Å². The van der Waals surface area contributed by atoms with E-state index in [0.29, 0.717) is 0 Å². The van der Waals surface area contributed by atoms with Crippen LogP contribution >= 0.6 is 0 Å². The molecule has 0 bridgehead atoms. The molecule has 2 N–H and O–H groups in total. The molecule has 0 heterocycles. The summed E-state index contributed by atoms with van der Waals surface area (Å²) in [6, 6.07) is 4.50. The maximum atomic E-state index is 3.92. The minimum atomic E-state index is 0.788. The summed E-state index contributed by atoms with van der Waals surface area (Å²) in [5.74, 6) is 0.788. The SMILES string of the molecule is C=C(N/C=N\C)NCc1c(C)ccc2c1CCC2. The van der Waals surface area contributed by atoms with E-state index in [1.807, 2.05) is 0 Å². The molecule has 3 heteroatoms. The molecule has 96 valence electrons. The first-order valence-electron chi connectivity index (χ1n) is 6.42. The van der Waals surface area contributed by atoms with Gasteiger partial charge in [-0.05, 0) is 48.4 Å². The van der Waals surface area contributed by atoms with Crippen molar-refractivity contribution in [3.8, 4) is 0 Å². The third-order valence-electron chi connectivity index (χ3n) is 3.48. The molecule has 0 fully saturated rings. The molecule has 1 aromatic carbocycles. The van der Waals surface area contributed by atoms with E-state index in [-0.39, 0.29) is 0 Å². The monoisotopic (exact) mass is 243 g/mol. The van der Waals surface area contributed by atoms with Crippen molar-refractivity contribution in [3.63, 3.8) is 0 Å². The smallest absolute Gasteiger partial charge is 0.0966 e. The van der Waals surface area contributed by atoms with E-state index in [0.717, 1.165) is 12.4 Å². The Morgan fingerprint density at radius 3 is 3.06 bits per heavy atom. The zero-order valence-corrected chi connectivity index (χ0v) is 11.2. The van der Waals surface area contributed by atoms with E-state index in [1.165, 1.54) is 36.0 Å². The first kappa shape index (κ1) is 12.7. The Kier molecular flexibility index (Phi) is 4.03. The topological polar surface area (TPSA) is 36.4 Å². The Hall–Kier alpha value is -1.77. The van der Waals surface area contributed by atoms with Gasteiger partial charge in [0.1, 0.15) is 0 Å². The van der Waals surface area contributed by atoms with Gasteiger partial charge in [0.2, 0.25) is 0 Å². The lowest BCUT2D eigenvalue weighted by atomic mass is 9.98. The molecule has 0 unspecified atom stereocenters. The third kappa shape index (κ3) is 2.73. The summed E-state index contributed by atoms with van der Waals surface area (Å²) < 4.78 is 0. The molecule has 18 heavy (non-hydrogen) atoms. The molecule has 1 aliphatic carbocycles. The molecule has 3 nitrogen and oxygen atoms in total. The molecule has 0 aromatic heterocycles. The van der Waals surface area contributed by atoms with Crippen LogP contribution in [0.25, 0.3) is 0 Å². The largest absolute Gasteiger partial charge is 0.368 e. The molecule has 1 aliphatic rings. The van der Waals surface area contributed by atoms with Crippen molar-refractivity contribution < 1.29 is 0 Å². The molecule has 0 saturated carbocycles. The van der Waals surface area contributed by atoms with Gasteiger partial charge in [-0.2, -0.15) is 0 Å². The molecule has 0 saturated heterocycles. The molecule has 0 amide bonds. The first-order valence-corrected chi connectivity index (χ1v) is 6.42. The van der Waals surface area contributed by atoms with Gasteiger partial charge in [-0.25, -0.2) is 0 Å². The number of fused-ring (bicyclic) bond motifs is 1. The van der Waals surface area contributed by atoms with Gasteiger partial charge in [0, 0.05) is 13.6 Å². The number of nitrogens with zero attached hydrogens (tertiary/aromatic N) is 1. The lowest BCUT2D eigenvalue weighted by Gasteiger charge is -2.15. The number of rotatable bonds is 5. The van der Waals surface area contributed by atoms with Crippen molar-refractivity contribution in [1.29, 1.82) is 0 Å². The predicted octanol–water partition coefficient (Wildman–Crippen LogP) is 2.29. The number of benzene rings is 1. The highest BCUT2D eigenvalue weighted by molar-refractivity contribution is 5.56. The summed E-state index contributed by atoms with van der Waals surface area (Å²) in [5.41, 5.74) is 5.85. The Balaban J connectivity index is 2.05. The van der Waals surface area contributed by atoms with Crippen LogP contribution in [-0.2, 0) is 19.4 Å². The van der Waals surface area contributed by atoms with Gasteiger partial charge < -0.3 is 10.6 Å². The standard InChI is InChI=1S/C15H21N3/c1-11-7-8-13-5-4-6-14(13)15(11)9-17-12(2)18-10-16-3/h7-8,10,17H,2,4-6,9H2,1,3H3,(H,16,18). The van der Waals surface area contributed by atoms with Gasteiger partial charge in [0.05, 0.1) is 12.2 Å². The fourth-order valence-electron chi connectivity index (χ4n) is 2.49. The van der Waals surface area contributed by atoms with Crippen molar-refractivity contribution in [1.82, 2.24) is 10.6 Å². The van der Waals surface area contributed by atoms with Gasteiger partial charge >= 0.3 is 0 Å². The van der Waals surface area contributed by atoms with Crippen molar-refractivity contribution in [2.75, 3.05) is 7.05 Å². The highest BCUT2D eigenvalue weighted by Crippen LogP contribution is 2.27. The van der Waals surface area contributed by atoms with Gasteiger partial charge in [0.15, 0.2) is 0 Å². The van der Waals surface area contributed by atoms with E-state index in [4.69, 9.17) is 0 Å². The Morgan fingerprint density at radius 2 is 2.28 bits per heavy atom. The van der Waals surface area contributed by atoms with E-state index in [9.17, 15) is 0 Å². The summed E-state index contributed by atoms with van der Waals surface area (Å²) in [6.07, 6.45) is 5.36. The van der Waals surface area contributed by atoms with Crippen LogP contribution in [0.1, 0.15) is 28.7 Å². The number of nitrogens with one attached hydrogen (secondary N) is 2. The Morgan fingerprint density at radius 1 is 1.44 bits per heavy atom. The lowest BCUT2D eigenvalue weighted by molar-refractivity contribution is 0.762. The van der Waals surface area contributed by atoms with Gasteiger partial charge in [-0.3, -0.25) is 4.99 Å². The van der Waals surface area contributed by atoms with Crippen molar-refractivity contribution in [3.05, 3.63) is 46.8 Å². The highest BCUT2D eigenvalue weighted by Gasteiger charge is 2.15. The summed E-state index contributed by atoms with van der Waals surface area (Å²) in [7, 11) is 1.73. The Labute approximate surface area is 109 Å². The number of hydrogen-bond donors (Lipinski definition) is 2. The summed E-state index contributed by atoms with van der Waals surface area (Å²) in [4.78, 5) is 3.87. The third-order valence-corrected chi connectivity index (χ3v) is 3.48. The van der Waals surface area contributed by atoms with Gasteiger partial charge in [-0.1, -0.05) is 18.7 Å². The van der Waals surface area contributed by atoms with Crippen LogP contribution in [0.5, 0.6) is 0 Å². The number of hydrogen-bond acceptors (Lipinski definition) is 2. The van der Waals surface area contributed by atoms with Crippen LogP contribution < -0.4 is 10.6 Å². The molecular weight excluding hydrogens is 222 g/mol. The summed E-state index contributed by atoms with van der Waals surface area (Å²) in [5, 5.41) is 6.30. The molecule has 0 spiro atoms. The van der Waals surface area contributed by atoms with E-state index >= 15 is 0 Å². The van der Waals surface area contributed by atoms with Crippen LogP contribution in [0.15, 0.2) is 29.5 Å². The van der Waals surface area contributed by atoms with Crippen molar-refractivity contribution in [2.24, 2.45) is 4.99 Å². The second kappa shape index (κ2) is 5.71. The number of aryl methyl sites for hydroxylation is 2. The van der Waals surface area contributed by atoms with E-state index < -0.39 is 0 Å². The van der Waals surface area contributed by atoms with Crippen LogP contribution in [0, 0.1) is 6.92 Å². The zero-order valence-electron chi connectivity index (χ0n) is 11.2. The second-order valence-electron chi connectivity index (χ2n) is 4.72. The summed E-state index contributed by atoms with van der Waals surface area (Å²) in [6.45, 7) is 6.93. The molecular formula is C15H21N3. The molecule has 0 aliphatic heterocycles. The Bertz CT molecular complexity index is 475. The van der Waals surface area contributed by atoms with E-state index in [1.54, 1.807) is 18.9 Å². The van der Waals surface area contributed by atoms with Crippen molar-refractivity contribution >= 4 is 6.34 Å². The van der Waals surface area contributed by atoms with Gasteiger partial charge in [0.25, 0.3) is 0 Å². The minimum Gasteiger partial charge on any atom is -0.368 e.